The van der Waals surface area contributed by atoms with Crippen molar-refractivity contribution in [2.24, 2.45) is 9.98 Å². The van der Waals surface area contributed by atoms with Crippen LogP contribution in [-0.2, 0) is 4.79 Å². The zero-order chi connectivity index (χ0) is 24.8. The average molecular weight is 525 g/mol. The third-order valence-electron chi connectivity index (χ3n) is 3.93. The van der Waals surface area contributed by atoms with Gasteiger partial charge in [0.25, 0.3) is 0 Å². The van der Waals surface area contributed by atoms with Crippen LogP contribution in [0.4, 0.5) is 10.1 Å². The van der Waals surface area contributed by atoms with Gasteiger partial charge >= 0.3 is 51.4 Å². The molecule has 0 aliphatic carbocycles. The maximum atomic E-state index is 13.8. The topological polar surface area (TPSA) is 55.9 Å². The molecule has 0 fully saturated rings. The second-order valence-electron chi connectivity index (χ2n) is 6.68. The summed E-state index contributed by atoms with van der Waals surface area (Å²) in [6.45, 7) is 13.5. The van der Waals surface area contributed by atoms with Gasteiger partial charge in [-0.05, 0) is 38.3 Å². The van der Waals surface area contributed by atoms with Gasteiger partial charge in [-0.15, -0.1) is 10.6 Å². The van der Waals surface area contributed by atoms with Crippen molar-refractivity contribution in [1.82, 2.24) is 0 Å². The molecule has 1 aliphatic rings. The van der Waals surface area contributed by atoms with Gasteiger partial charge < -0.3 is 5.32 Å². The largest absolute Gasteiger partial charge is 1.00 e. The van der Waals surface area contributed by atoms with Crippen LogP contribution in [0.1, 0.15) is 51.5 Å². The van der Waals surface area contributed by atoms with E-state index in [1.807, 2.05) is 46.8 Å². The number of aliphatic imine (C=N–C) groups is 2. The summed E-state index contributed by atoms with van der Waals surface area (Å²) in [6, 6.07) is 6.24. The molecule has 8 heteroatoms. The first-order valence-electron chi connectivity index (χ1n) is 10.4. The molecule has 0 radical (unpaired) electrons. The quantitative estimate of drug-likeness (QED) is 0.213. The SMILES string of the molecule is CC.CC1=CC([N-]c2ccc(Cl)cc2F)=C(C=O)N=C(C)C1.[CH2-]c1cc(/C=C\N=CC)cs1.[K+]. The molecule has 0 saturated carbocycles. The molecule has 3 rings (SSSR count). The normalized spacial score (nSPS) is 13.0. The summed E-state index contributed by atoms with van der Waals surface area (Å²) < 4.78 is 13.8. The maximum absolute atomic E-state index is 13.8. The van der Waals surface area contributed by atoms with Gasteiger partial charge in [-0.1, -0.05) is 60.5 Å². The van der Waals surface area contributed by atoms with Gasteiger partial charge in [0.05, 0.1) is 5.70 Å². The summed E-state index contributed by atoms with van der Waals surface area (Å²) in [6.07, 6.45) is 8.54. The molecule has 0 bridgehead atoms. The number of halogens is 2. The Morgan fingerprint density at radius 3 is 2.53 bits per heavy atom. The molecule has 1 aromatic heterocycles. The molecule has 4 nitrogen and oxygen atoms in total. The van der Waals surface area contributed by atoms with E-state index in [9.17, 15) is 9.18 Å². The van der Waals surface area contributed by atoms with Crippen LogP contribution in [0.5, 0.6) is 0 Å². The summed E-state index contributed by atoms with van der Waals surface area (Å²) in [4.78, 5) is 20.4. The molecule has 0 amide bonds. The zero-order valence-electron chi connectivity index (χ0n) is 20.6. The van der Waals surface area contributed by atoms with Crippen molar-refractivity contribution in [3.8, 4) is 0 Å². The molecule has 2 aromatic rings. The first-order valence-corrected chi connectivity index (χ1v) is 11.7. The Hall–Kier alpha value is -1.32. The fourth-order valence-corrected chi connectivity index (χ4v) is 3.44. The molecule has 0 unspecified atom stereocenters. The van der Waals surface area contributed by atoms with Gasteiger partial charge in [0.2, 0.25) is 0 Å². The second-order valence-corrected chi connectivity index (χ2v) is 8.11. The van der Waals surface area contributed by atoms with Crippen LogP contribution in [0, 0.1) is 12.7 Å². The Bertz CT molecular complexity index is 1090. The Balaban J connectivity index is 0.000000663. The number of allylic oxidation sites excluding steroid dienone is 3. The van der Waals surface area contributed by atoms with Gasteiger partial charge in [-0.3, -0.25) is 14.8 Å². The van der Waals surface area contributed by atoms with E-state index in [2.05, 4.69) is 27.6 Å². The van der Waals surface area contributed by atoms with Crippen molar-refractivity contribution in [3.05, 3.63) is 92.4 Å². The molecule has 0 atom stereocenters. The standard InChI is InChI=1S/C15H14ClFN2O.C9H10NS.C2H6.K/c1-9-5-10(2)18-15(8-20)14(6-9)19-13-4-3-11(16)7-12(13)17;1-3-10-5-4-9-6-8(2)11-7-9;1-2;/h3-4,6-8H,5H2,1-2H3,(H,19,20);3-7H,2H2,1H3;1-2H3;/q;-1;;+1/p-1/b;5-4-,10-3?;;. The van der Waals surface area contributed by atoms with E-state index in [1.165, 1.54) is 17.7 Å². The molecular formula is C26H29ClFKN3OS-. The number of rotatable bonds is 5. The fraction of sp³-hybridized carbons (Fsp3) is 0.231. The molecular weight excluding hydrogens is 496 g/mol. The number of carbonyl (C=O) groups excluding carboxylic acids is 1. The number of hydrogen-bond donors (Lipinski definition) is 0. The van der Waals surface area contributed by atoms with Crippen LogP contribution < -0.4 is 51.4 Å². The van der Waals surface area contributed by atoms with Crippen molar-refractivity contribution in [1.29, 1.82) is 0 Å². The Morgan fingerprint density at radius 2 is 1.97 bits per heavy atom. The van der Waals surface area contributed by atoms with E-state index >= 15 is 0 Å². The predicted octanol–water partition coefficient (Wildman–Crippen LogP) is 5.73. The van der Waals surface area contributed by atoms with E-state index in [1.54, 1.807) is 35.9 Å². The summed E-state index contributed by atoms with van der Waals surface area (Å²) in [7, 11) is 0. The number of aldehydes is 1. The average Bonchev–Trinajstić information content (AvgIpc) is 3.14. The Kier molecular flexibility index (Phi) is 17.3. The zero-order valence-corrected chi connectivity index (χ0v) is 25.3. The van der Waals surface area contributed by atoms with Crippen molar-refractivity contribution in [2.75, 3.05) is 0 Å². The summed E-state index contributed by atoms with van der Waals surface area (Å²) >= 11 is 7.35. The van der Waals surface area contributed by atoms with Gasteiger partial charge in [0.1, 0.15) is 5.82 Å². The minimum Gasteiger partial charge on any atom is -0.654 e. The number of hydrogen-bond acceptors (Lipinski definition) is 4. The van der Waals surface area contributed by atoms with Crippen molar-refractivity contribution in [2.45, 2.75) is 41.0 Å². The number of nitrogens with zero attached hydrogens (tertiary/aromatic N) is 3. The maximum Gasteiger partial charge on any atom is 1.00 e. The van der Waals surface area contributed by atoms with E-state index in [0.717, 1.165) is 16.2 Å². The van der Waals surface area contributed by atoms with Gasteiger partial charge in [0.15, 0.2) is 6.29 Å². The monoisotopic (exact) mass is 524 g/mol. The van der Waals surface area contributed by atoms with Gasteiger partial charge in [-0.2, -0.15) is 17.4 Å². The minimum atomic E-state index is -0.536. The molecule has 1 aliphatic heterocycles. The van der Waals surface area contributed by atoms with Crippen LogP contribution in [0.2, 0.25) is 5.02 Å². The third kappa shape index (κ3) is 11.9. The van der Waals surface area contributed by atoms with Crippen molar-refractivity contribution in [3.63, 3.8) is 0 Å². The first kappa shape index (κ1) is 32.7. The van der Waals surface area contributed by atoms with Crippen LogP contribution in [0.15, 0.2) is 68.9 Å². The summed E-state index contributed by atoms with van der Waals surface area (Å²) in [5, 5.41) is 6.55. The number of carbonyl (C=O) groups is 1. The first-order chi connectivity index (χ1) is 15.8. The summed E-state index contributed by atoms with van der Waals surface area (Å²) in [5.74, 6) is -0.536. The van der Waals surface area contributed by atoms with Crippen molar-refractivity contribution < 1.29 is 60.6 Å². The van der Waals surface area contributed by atoms with Crippen LogP contribution in [-0.4, -0.2) is 18.2 Å². The molecule has 0 saturated heterocycles. The number of thiophene rings is 1. The molecule has 176 valence electrons. The Morgan fingerprint density at radius 1 is 1.26 bits per heavy atom. The van der Waals surface area contributed by atoms with Crippen LogP contribution in [0.25, 0.3) is 11.4 Å². The van der Waals surface area contributed by atoms with E-state index in [-0.39, 0.29) is 62.8 Å². The second kappa shape index (κ2) is 18.0. The van der Waals surface area contributed by atoms with E-state index in [4.69, 9.17) is 11.6 Å². The molecule has 0 spiro atoms. The third-order valence-corrected chi connectivity index (χ3v) is 4.98. The van der Waals surface area contributed by atoms with E-state index in [0.29, 0.717) is 23.4 Å². The van der Waals surface area contributed by atoms with Gasteiger partial charge in [-0.25, -0.2) is 11.3 Å². The number of benzene rings is 1. The Labute approximate surface area is 254 Å². The van der Waals surface area contributed by atoms with Crippen molar-refractivity contribution >= 4 is 52.9 Å². The summed E-state index contributed by atoms with van der Waals surface area (Å²) in [5.41, 5.74) is 3.69. The van der Waals surface area contributed by atoms with Crippen LogP contribution >= 0.6 is 22.9 Å². The fourth-order valence-electron chi connectivity index (χ4n) is 2.64. The van der Waals surface area contributed by atoms with E-state index < -0.39 is 5.82 Å². The van der Waals surface area contributed by atoms with Crippen LogP contribution in [0.3, 0.4) is 0 Å². The molecule has 0 N–H and O–H groups in total. The molecule has 34 heavy (non-hydrogen) atoms. The minimum absolute atomic E-state index is 0. The molecule has 2 heterocycles. The smallest absolute Gasteiger partial charge is 0.654 e. The molecule has 1 aromatic carbocycles. The van der Waals surface area contributed by atoms with Gasteiger partial charge in [0, 0.05) is 29.6 Å². The predicted molar refractivity (Wildman–Crippen MR) is 142 cm³/mol.